The molecule has 1 aliphatic heterocycles. The Hall–Kier alpha value is -1.55. The molecule has 0 unspecified atom stereocenters. The summed E-state index contributed by atoms with van der Waals surface area (Å²) in [4.78, 5) is 14.2. The second-order valence-electron chi connectivity index (χ2n) is 4.67. The zero-order valence-electron chi connectivity index (χ0n) is 11.0. The van der Waals surface area contributed by atoms with Crippen LogP contribution in [0.1, 0.15) is 12.5 Å². The minimum atomic E-state index is 0.203. The first-order chi connectivity index (χ1) is 8.70. The predicted molar refractivity (Wildman–Crippen MR) is 70.7 cm³/mol. The molecule has 1 aliphatic rings. The molecule has 1 saturated heterocycles. The highest BCUT2D eigenvalue weighted by Gasteiger charge is 2.22. The first-order valence-corrected chi connectivity index (χ1v) is 6.34. The van der Waals surface area contributed by atoms with E-state index >= 15 is 0 Å². The van der Waals surface area contributed by atoms with Crippen LogP contribution < -0.4 is 10.1 Å². The number of nitrogens with zero attached hydrogens (tertiary/aromatic N) is 1. The van der Waals surface area contributed by atoms with Gasteiger partial charge in [-0.15, -0.1) is 0 Å². The SMILES string of the molecule is COc1ccc(CC(=O)N2CCNC[C@@H]2C)cc1. The van der Waals surface area contributed by atoms with Gasteiger partial charge >= 0.3 is 0 Å². The molecule has 4 heteroatoms. The number of hydrogen-bond donors (Lipinski definition) is 1. The van der Waals surface area contributed by atoms with Crippen LogP contribution in [0.5, 0.6) is 5.75 Å². The molecular weight excluding hydrogens is 228 g/mol. The maximum absolute atomic E-state index is 12.2. The van der Waals surface area contributed by atoms with Crippen molar-refractivity contribution in [2.45, 2.75) is 19.4 Å². The Kier molecular flexibility index (Phi) is 4.20. The van der Waals surface area contributed by atoms with E-state index in [0.717, 1.165) is 30.9 Å². The summed E-state index contributed by atoms with van der Waals surface area (Å²) in [5.41, 5.74) is 1.03. The smallest absolute Gasteiger partial charge is 0.227 e. The molecule has 1 atom stereocenters. The van der Waals surface area contributed by atoms with Crippen LogP contribution in [0.4, 0.5) is 0 Å². The lowest BCUT2D eigenvalue weighted by molar-refractivity contribution is -0.133. The lowest BCUT2D eigenvalue weighted by Gasteiger charge is -2.34. The van der Waals surface area contributed by atoms with Crippen LogP contribution in [-0.2, 0) is 11.2 Å². The van der Waals surface area contributed by atoms with Gasteiger partial charge in [0.1, 0.15) is 5.75 Å². The van der Waals surface area contributed by atoms with Gasteiger partial charge in [-0.3, -0.25) is 4.79 Å². The normalized spacial score (nSPS) is 19.7. The Labute approximate surface area is 108 Å². The van der Waals surface area contributed by atoms with E-state index in [1.165, 1.54) is 0 Å². The number of carbonyl (C=O) groups excluding carboxylic acids is 1. The standard InChI is InChI=1S/C14H20N2O2/c1-11-10-15-7-8-16(11)14(17)9-12-3-5-13(18-2)6-4-12/h3-6,11,15H,7-10H2,1-2H3/t11-/m0/s1. The van der Waals surface area contributed by atoms with Crippen LogP contribution in [-0.4, -0.2) is 43.6 Å². The summed E-state index contributed by atoms with van der Waals surface area (Å²) in [5, 5.41) is 3.29. The minimum absolute atomic E-state index is 0.203. The molecule has 0 aliphatic carbocycles. The molecular formula is C14H20N2O2. The first kappa shape index (κ1) is 12.9. The van der Waals surface area contributed by atoms with E-state index in [0.29, 0.717) is 6.42 Å². The number of piperazine rings is 1. The fourth-order valence-corrected chi connectivity index (χ4v) is 2.23. The Morgan fingerprint density at radius 3 is 2.78 bits per heavy atom. The highest BCUT2D eigenvalue weighted by Crippen LogP contribution is 2.13. The summed E-state index contributed by atoms with van der Waals surface area (Å²) in [6.07, 6.45) is 0.467. The van der Waals surface area contributed by atoms with Crippen molar-refractivity contribution in [3.63, 3.8) is 0 Å². The van der Waals surface area contributed by atoms with Crippen molar-refractivity contribution in [3.05, 3.63) is 29.8 Å². The average molecular weight is 248 g/mol. The van der Waals surface area contributed by atoms with Crippen molar-refractivity contribution in [1.82, 2.24) is 10.2 Å². The molecule has 98 valence electrons. The van der Waals surface area contributed by atoms with Gasteiger partial charge in [-0.1, -0.05) is 12.1 Å². The lowest BCUT2D eigenvalue weighted by atomic mass is 10.1. The molecule has 18 heavy (non-hydrogen) atoms. The zero-order chi connectivity index (χ0) is 13.0. The van der Waals surface area contributed by atoms with Crippen molar-refractivity contribution >= 4 is 5.91 Å². The number of rotatable bonds is 3. The van der Waals surface area contributed by atoms with E-state index < -0.39 is 0 Å². The molecule has 2 rings (SSSR count). The van der Waals surface area contributed by atoms with Gasteiger partial charge in [0.2, 0.25) is 5.91 Å². The quantitative estimate of drug-likeness (QED) is 0.869. The molecule has 0 bridgehead atoms. The van der Waals surface area contributed by atoms with Crippen molar-refractivity contribution in [2.24, 2.45) is 0 Å². The van der Waals surface area contributed by atoms with Gasteiger partial charge < -0.3 is 15.0 Å². The lowest BCUT2D eigenvalue weighted by Crippen LogP contribution is -2.52. The van der Waals surface area contributed by atoms with Crippen LogP contribution in [0.2, 0.25) is 0 Å². The molecule has 0 radical (unpaired) electrons. The van der Waals surface area contributed by atoms with Crippen molar-refractivity contribution < 1.29 is 9.53 Å². The molecule has 1 heterocycles. The molecule has 0 spiro atoms. The van der Waals surface area contributed by atoms with Crippen molar-refractivity contribution in [1.29, 1.82) is 0 Å². The Morgan fingerprint density at radius 2 is 2.17 bits per heavy atom. The maximum Gasteiger partial charge on any atom is 0.227 e. The molecule has 4 nitrogen and oxygen atoms in total. The number of hydrogen-bond acceptors (Lipinski definition) is 3. The number of methoxy groups -OCH3 is 1. The van der Waals surface area contributed by atoms with E-state index in [-0.39, 0.29) is 11.9 Å². The highest BCUT2D eigenvalue weighted by atomic mass is 16.5. The fourth-order valence-electron chi connectivity index (χ4n) is 2.23. The number of benzene rings is 1. The van der Waals surface area contributed by atoms with Gasteiger partial charge in [-0.05, 0) is 24.6 Å². The van der Waals surface area contributed by atoms with Crippen LogP contribution in [0.25, 0.3) is 0 Å². The number of ether oxygens (including phenoxy) is 1. The Morgan fingerprint density at radius 1 is 1.44 bits per heavy atom. The third kappa shape index (κ3) is 3.01. The summed E-state index contributed by atoms with van der Waals surface area (Å²) < 4.78 is 5.10. The number of amides is 1. The van der Waals surface area contributed by atoms with Crippen LogP contribution in [0.15, 0.2) is 24.3 Å². The summed E-state index contributed by atoms with van der Waals surface area (Å²) in [6, 6.07) is 7.96. The molecule has 1 amide bonds. The fraction of sp³-hybridized carbons (Fsp3) is 0.500. The summed E-state index contributed by atoms with van der Waals surface area (Å²) in [7, 11) is 1.64. The van der Waals surface area contributed by atoms with Crippen LogP contribution >= 0.6 is 0 Å². The second-order valence-corrected chi connectivity index (χ2v) is 4.67. The van der Waals surface area contributed by atoms with E-state index in [1.54, 1.807) is 7.11 Å². The third-order valence-electron chi connectivity index (χ3n) is 3.34. The topological polar surface area (TPSA) is 41.6 Å². The summed E-state index contributed by atoms with van der Waals surface area (Å²) in [6.45, 7) is 4.65. The molecule has 1 fully saturated rings. The van der Waals surface area contributed by atoms with Gasteiger partial charge in [0, 0.05) is 25.7 Å². The van der Waals surface area contributed by atoms with Gasteiger partial charge in [0.25, 0.3) is 0 Å². The Bertz CT molecular complexity index is 403. The van der Waals surface area contributed by atoms with Crippen molar-refractivity contribution in [3.8, 4) is 5.75 Å². The second kappa shape index (κ2) is 5.87. The van der Waals surface area contributed by atoms with E-state index in [2.05, 4.69) is 12.2 Å². The highest BCUT2D eigenvalue weighted by molar-refractivity contribution is 5.79. The maximum atomic E-state index is 12.2. The monoisotopic (exact) mass is 248 g/mol. The molecule has 1 aromatic carbocycles. The summed E-state index contributed by atoms with van der Waals surface area (Å²) >= 11 is 0. The van der Waals surface area contributed by atoms with E-state index in [4.69, 9.17) is 4.74 Å². The number of carbonyl (C=O) groups is 1. The van der Waals surface area contributed by atoms with Crippen molar-refractivity contribution in [2.75, 3.05) is 26.7 Å². The third-order valence-corrected chi connectivity index (χ3v) is 3.34. The minimum Gasteiger partial charge on any atom is -0.497 e. The molecule has 0 saturated carbocycles. The largest absolute Gasteiger partial charge is 0.497 e. The predicted octanol–water partition coefficient (Wildman–Crippen LogP) is 1.06. The molecule has 1 aromatic rings. The van der Waals surface area contributed by atoms with E-state index in [9.17, 15) is 4.79 Å². The number of nitrogens with one attached hydrogen (secondary N) is 1. The van der Waals surface area contributed by atoms with Gasteiger partial charge in [0.05, 0.1) is 13.5 Å². The first-order valence-electron chi connectivity index (χ1n) is 6.34. The van der Waals surface area contributed by atoms with Gasteiger partial charge in [-0.2, -0.15) is 0 Å². The van der Waals surface area contributed by atoms with Gasteiger partial charge in [-0.25, -0.2) is 0 Å². The van der Waals surface area contributed by atoms with E-state index in [1.807, 2.05) is 29.2 Å². The molecule has 0 aromatic heterocycles. The Balaban J connectivity index is 1.97. The molecule has 1 N–H and O–H groups in total. The van der Waals surface area contributed by atoms with Crippen LogP contribution in [0.3, 0.4) is 0 Å². The van der Waals surface area contributed by atoms with Gasteiger partial charge in [0.15, 0.2) is 0 Å². The van der Waals surface area contributed by atoms with Crippen LogP contribution in [0, 0.1) is 0 Å². The zero-order valence-corrected chi connectivity index (χ0v) is 11.0. The summed E-state index contributed by atoms with van der Waals surface area (Å²) in [5.74, 6) is 1.02. The average Bonchev–Trinajstić information content (AvgIpc) is 2.40.